The van der Waals surface area contributed by atoms with Crippen molar-refractivity contribution in [3.8, 4) is 0 Å². The van der Waals surface area contributed by atoms with Gasteiger partial charge < -0.3 is 15.4 Å². The molecule has 0 spiro atoms. The summed E-state index contributed by atoms with van der Waals surface area (Å²) in [4.78, 5) is 13.7. The van der Waals surface area contributed by atoms with Crippen LogP contribution in [0.1, 0.15) is 20.8 Å². The lowest BCUT2D eigenvalue weighted by Crippen LogP contribution is -2.54. The quantitative estimate of drug-likeness (QED) is 0.693. The molecule has 2 N–H and O–H groups in total. The molecule has 0 aromatic heterocycles. The third-order valence-corrected chi connectivity index (χ3v) is 2.65. The van der Waals surface area contributed by atoms with Crippen LogP contribution in [0.3, 0.4) is 0 Å². The number of morpholine rings is 1. The molecule has 14 heavy (non-hydrogen) atoms. The zero-order chi connectivity index (χ0) is 10.7. The maximum absolute atomic E-state index is 11.9. The molecule has 0 aromatic carbocycles. The van der Waals surface area contributed by atoms with Crippen LogP contribution in [-0.2, 0) is 9.53 Å². The Balaban J connectivity index is 2.58. The number of carbonyl (C=O) groups is 1. The highest BCUT2D eigenvalue weighted by molar-refractivity contribution is 5.82. The number of rotatable bonds is 2. The van der Waals surface area contributed by atoms with E-state index in [1.54, 1.807) is 0 Å². The second kappa shape index (κ2) is 4.75. The van der Waals surface area contributed by atoms with E-state index in [0.29, 0.717) is 19.8 Å². The smallest absolute Gasteiger partial charge is 0.240 e. The molecule has 1 fully saturated rings. The average Bonchev–Trinajstić information content (AvgIpc) is 2.16. The van der Waals surface area contributed by atoms with Crippen molar-refractivity contribution < 1.29 is 9.53 Å². The van der Waals surface area contributed by atoms with Gasteiger partial charge in [0.2, 0.25) is 5.91 Å². The van der Waals surface area contributed by atoms with E-state index in [4.69, 9.17) is 10.5 Å². The van der Waals surface area contributed by atoms with Crippen LogP contribution >= 0.6 is 0 Å². The van der Waals surface area contributed by atoms with Crippen molar-refractivity contribution in [1.82, 2.24) is 4.90 Å². The summed E-state index contributed by atoms with van der Waals surface area (Å²) in [7, 11) is 0. The van der Waals surface area contributed by atoms with E-state index < -0.39 is 0 Å². The molecule has 0 saturated carbocycles. The fourth-order valence-electron chi connectivity index (χ4n) is 1.53. The SMILES string of the molecule is CC(C)C(N)C(=O)N1CCOCC1C. The number of nitrogens with zero attached hydrogens (tertiary/aromatic N) is 1. The van der Waals surface area contributed by atoms with Gasteiger partial charge in [0.1, 0.15) is 0 Å². The molecular weight excluding hydrogens is 180 g/mol. The van der Waals surface area contributed by atoms with Gasteiger partial charge in [-0.15, -0.1) is 0 Å². The molecule has 0 bridgehead atoms. The van der Waals surface area contributed by atoms with Gasteiger partial charge in [-0.25, -0.2) is 0 Å². The first kappa shape index (κ1) is 11.5. The molecule has 1 aliphatic rings. The molecule has 82 valence electrons. The van der Waals surface area contributed by atoms with Gasteiger partial charge in [0.25, 0.3) is 0 Å². The zero-order valence-corrected chi connectivity index (χ0v) is 9.19. The normalized spacial score (nSPS) is 25.2. The van der Waals surface area contributed by atoms with Crippen LogP contribution in [0.2, 0.25) is 0 Å². The number of amides is 1. The van der Waals surface area contributed by atoms with E-state index in [-0.39, 0.29) is 23.9 Å². The first-order valence-electron chi connectivity index (χ1n) is 5.18. The zero-order valence-electron chi connectivity index (χ0n) is 9.19. The van der Waals surface area contributed by atoms with E-state index in [1.807, 2.05) is 25.7 Å². The molecule has 1 amide bonds. The predicted octanol–water partition coefficient (Wildman–Crippen LogP) is 0.217. The second-order valence-electron chi connectivity index (χ2n) is 4.23. The Morgan fingerprint density at radius 2 is 2.21 bits per heavy atom. The van der Waals surface area contributed by atoms with Crippen LogP contribution in [0.4, 0.5) is 0 Å². The van der Waals surface area contributed by atoms with Gasteiger partial charge in [-0.05, 0) is 12.8 Å². The Bertz CT molecular complexity index is 206. The van der Waals surface area contributed by atoms with Gasteiger partial charge >= 0.3 is 0 Å². The van der Waals surface area contributed by atoms with Crippen LogP contribution in [0, 0.1) is 5.92 Å². The van der Waals surface area contributed by atoms with E-state index >= 15 is 0 Å². The Morgan fingerprint density at radius 3 is 2.71 bits per heavy atom. The highest BCUT2D eigenvalue weighted by atomic mass is 16.5. The maximum Gasteiger partial charge on any atom is 0.240 e. The molecule has 1 rings (SSSR count). The van der Waals surface area contributed by atoms with Gasteiger partial charge in [0.05, 0.1) is 25.3 Å². The molecule has 0 aromatic rings. The highest BCUT2D eigenvalue weighted by Crippen LogP contribution is 2.10. The number of carbonyl (C=O) groups excluding carboxylic acids is 1. The van der Waals surface area contributed by atoms with Crippen LogP contribution in [0.15, 0.2) is 0 Å². The summed E-state index contributed by atoms with van der Waals surface area (Å²) >= 11 is 0. The Labute approximate surface area is 85.4 Å². The lowest BCUT2D eigenvalue weighted by molar-refractivity contribution is -0.141. The van der Waals surface area contributed by atoms with Gasteiger partial charge in [-0.2, -0.15) is 0 Å². The van der Waals surface area contributed by atoms with Gasteiger partial charge in [-0.1, -0.05) is 13.8 Å². The van der Waals surface area contributed by atoms with E-state index in [0.717, 1.165) is 0 Å². The monoisotopic (exact) mass is 200 g/mol. The van der Waals surface area contributed by atoms with Crippen LogP contribution < -0.4 is 5.73 Å². The number of ether oxygens (including phenoxy) is 1. The van der Waals surface area contributed by atoms with Crippen LogP contribution in [-0.4, -0.2) is 42.6 Å². The number of hydrogen-bond donors (Lipinski definition) is 1. The molecule has 1 saturated heterocycles. The Kier molecular flexibility index (Phi) is 3.89. The number of nitrogens with two attached hydrogens (primary N) is 1. The molecular formula is C10H20N2O2. The fourth-order valence-corrected chi connectivity index (χ4v) is 1.53. The first-order valence-corrected chi connectivity index (χ1v) is 5.18. The summed E-state index contributed by atoms with van der Waals surface area (Å²) in [6.07, 6.45) is 0. The summed E-state index contributed by atoms with van der Waals surface area (Å²) in [5.41, 5.74) is 5.82. The van der Waals surface area contributed by atoms with Crippen molar-refractivity contribution in [2.45, 2.75) is 32.9 Å². The summed E-state index contributed by atoms with van der Waals surface area (Å²) < 4.78 is 5.27. The summed E-state index contributed by atoms with van der Waals surface area (Å²) in [5.74, 6) is 0.244. The predicted molar refractivity (Wildman–Crippen MR) is 54.8 cm³/mol. The molecule has 0 radical (unpaired) electrons. The summed E-state index contributed by atoms with van der Waals surface area (Å²) in [5, 5.41) is 0. The van der Waals surface area contributed by atoms with E-state index in [2.05, 4.69) is 0 Å². The van der Waals surface area contributed by atoms with Crippen molar-refractivity contribution >= 4 is 5.91 Å². The highest BCUT2D eigenvalue weighted by Gasteiger charge is 2.28. The molecule has 4 heteroatoms. The van der Waals surface area contributed by atoms with E-state index in [9.17, 15) is 4.79 Å². The molecule has 2 unspecified atom stereocenters. The standard InChI is InChI=1S/C10H20N2O2/c1-7(2)9(11)10(13)12-4-5-14-6-8(12)3/h7-9H,4-6,11H2,1-3H3. The minimum atomic E-state index is -0.379. The topological polar surface area (TPSA) is 55.6 Å². The maximum atomic E-state index is 11.9. The molecule has 4 nitrogen and oxygen atoms in total. The fraction of sp³-hybridized carbons (Fsp3) is 0.900. The summed E-state index contributed by atoms with van der Waals surface area (Å²) in [6.45, 7) is 7.84. The first-order chi connectivity index (χ1) is 6.54. The molecule has 2 atom stereocenters. The lowest BCUT2D eigenvalue weighted by atomic mass is 10.0. The largest absolute Gasteiger partial charge is 0.377 e. The van der Waals surface area contributed by atoms with Gasteiger partial charge in [0, 0.05) is 6.54 Å². The number of hydrogen-bond acceptors (Lipinski definition) is 3. The Hall–Kier alpha value is -0.610. The second-order valence-corrected chi connectivity index (χ2v) is 4.23. The minimum absolute atomic E-state index is 0.0517. The third-order valence-electron chi connectivity index (χ3n) is 2.65. The van der Waals surface area contributed by atoms with Crippen molar-refractivity contribution in [1.29, 1.82) is 0 Å². The van der Waals surface area contributed by atoms with Crippen molar-refractivity contribution in [2.24, 2.45) is 11.7 Å². The van der Waals surface area contributed by atoms with Crippen LogP contribution in [0.5, 0.6) is 0 Å². The summed E-state index contributed by atoms with van der Waals surface area (Å²) in [6, 6.07) is -0.225. The molecule has 1 aliphatic heterocycles. The minimum Gasteiger partial charge on any atom is -0.377 e. The lowest BCUT2D eigenvalue weighted by Gasteiger charge is -2.35. The van der Waals surface area contributed by atoms with Crippen molar-refractivity contribution in [3.63, 3.8) is 0 Å². The van der Waals surface area contributed by atoms with Crippen molar-refractivity contribution in [3.05, 3.63) is 0 Å². The van der Waals surface area contributed by atoms with Crippen molar-refractivity contribution in [2.75, 3.05) is 19.8 Å². The molecule has 1 heterocycles. The van der Waals surface area contributed by atoms with Crippen LogP contribution in [0.25, 0.3) is 0 Å². The van der Waals surface area contributed by atoms with Gasteiger partial charge in [-0.3, -0.25) is 4.79 Å². The van der Waals surface area contributed by atoms with E-state index in [1.165, 1.54) is 0 Å². The average molecular weight is 200 g/mol. The Morgan fingerprint density at radius 1 is 1.57 bits per heavy atom. The van der Waals surface area contributed by atoms with Gasteiger partial charge in [0.15, 0.2) is 0 Å². The molecule has 0 aliphatic carbocycles. The third kappa shape index (κ3) is 2.45.